The number of aliphatic hydroxyl groups is 1. The lowest BCUT2D eigenvalue weighted by Gasteiger charge is -2.36. The third-order valence-corrected chi connectivity index (χ3v) is 4.82. The Morgan fingerprint density at radius 2 is 2.26 bits per heavy atom. The number of ether oxygens (including phenoxy) is 1. The zero-order chi connectivity index (χ0) is 16.8. The Hall–Kier alpha value is -1.20. The molecule has 2 rings (SSSR count). The first-order chi connectivity index (χ1) is 11.0. The number of hydrogen-bond donors (Lipinski definition) is 1. The van der Waals surface area contributed by atoms with Crippen molar-refractivity contribution in [2.24, 2.45) is 0 Å². The molecule has 0 saturated carbocycles. The number of likely N-dealkylation sites (tertiary alicyclic amines) is 1. The monoisotopic (exact) mass is 337 g/mol. The molecule has 1 aliphatic rings. The molecule has 1 aromatic carbocycles. The van der Waals surface area contributed by atoms with Crippen LogP contribution in [-0.4, -0.2) is 53.2 Å². The Morgan fingerprint density at radius 1 is 1.48 bits per heavy atom. The summed E-state index contributed by atoms with van der Waals surface area (Å²) in [6.07, 6.45) is 2.31. The number of aliphatic hydroxyl groups excluding tert-OH is 1. The largest absolute Gasteiger partial charge is 0.488 e. The van der Waals surface area contributed by atoms with Gasteiger partial charge < -0.3 is 14.7 Å². The van der Waals surface area contributed by atoms with Crippen molar-refractivity contribution in [3.05, 3.63) is 29.8 Å². The van der Waals surface area contributed by atoms with Crippen LogP contribution in [0.25, 0.3) is 0 Å². The Balaban J connectivity index is 1.91. The number of nitrogens with zero attached hydrogens (tertiary/aromatic N) is 1. The number of carbonyl (C=O) groups excluding carboxylic acids is 1. The highest BCUT2D eigenvalue weighted by molar-refractivity contribution is 7.98. The fraction of sp³-hybridized carbons (Fsp3) is 0.611. The molecule has 1 N–H and O–H groups in total. The van der Waals surface area contributed by atoms with Gasteiger partial charge in [-0.2, -0.15) is 11.8 Å². The van der Waals surface area contributed by atoms with Crippen LogP contribution in [0.5, 0.6) is 5.75 Å². The third-order valence-electron chi connectivity index (χ3n) is 4.21. The molecule has 1 saturated heterocycles. The van der Waals surface area contributed by atoms with Gasteiger partial charge in [0.1, 0.15) is 18.0 Å². The molecule has 128 valence electrons. The van der Waals surface area contributed by atoms with Crippen LogP contribution in [0, 0.1) is 0 Å². The van der Waals surface area contributed by atoms with Crippen LogP contribution >= 0.6 is 11.8 Å². The molecule has 1 fully saturated rings. The van der Waals surface area contributed by atoms with Crippen molar-refractivity contribution >= 4 is 17.7 Å². The van der Waals surface area contributed by atoms with E-state index < -0.39 is 6.10 Å². The van der Waals surface area contributed by atoms with E-state index >= 15 is 0 Å². The summed E-state index contributed by atoms with van der Waals surface area (Å²) in [7, 11) is 0. The predicted octanol–water partition coefficient (Wildman–Crippen LogP) is 2.90. The lowest BCUT2D eigenvalue weighted by molar-refractivity contribution is -0.136. The lowest BCUT2D eigenvalue weighted by atomic mass is 10.0. The molecule has 0 unspecified atom stereocenters. The smallest absolute Gasteiger partial charge is 0.223 e. The molecule has 0 radical (unpaired) electrons. The fourth-order valence-corrected chi connectivity index (χ4v) is 3.12. The van der Waals surface area contributed by atoms with E-state index in [1.807, 2.05) is 24.5 Å². The summed E-state index contributed by atoms with van der Waals surface area (Å²) >= 11 is 1.67. The Bertz CT molecular complexity index is 521. The lowest BCUT2D eigenvalue weighted by Crippen LogP contribution is -2.51. The van der Waals surface area contributed by atoms with Gasteiger partial charge >= 0.3 is 0 Å². The van der Waals surface area contributed by atoms with Crippen molar-refractivity contribution in [1.82, 2.24) is 4.90 Å². The quantitative estimate of drug-likeness (QED) is 0.867. The minimum absolute atomic E-state index is 0.124. The van der Waals surface area contributed by atoms with Gasteiger partial charge in [0.15, 0.2) is 0 Å². The molecular weight excluding hydrogens is 310 g/mol. The molecule has 0 bridgehead atoms. The SMILES string of the molecule is CSCCC(=O)N1CC[C@@H](Oc2cccc(C(C)C)c2)[C@H](O)C1. The molecule has 0 spiro atoms. The first kappa shape index (κ1) is 18.1. The van der Waals surface area contributed by atoms with Crippen molar-refractivity contribution in [3.8, 4) is 5.75 Å². The molecule has 4 nitrogen and oxygen atoms in total. The molecule has 1 heterocycles. The first-order valence-electron chi connectivity index (χ1n) is 8.22. The standard InChI is InChI=1S/C18H27NO3S/c1-13(2)14-5-4-6-15(11-14)22-17-7-9-19(12-16(17)20)18(21)8-10-23-3/h4-6,11,13,16-17,20H,7-10,12H2,1-3H3/t16-,17-/m1/s1. The topological polar surface area (TPSA) is 49.8 Å². The molecule has 1 aromatic rings. The van der Waals surface area contributed by atoms with Crippen LogP contribution in [0.1, 0.15) is 38.2 Å². The van der Waals surface area contributed by atoms with E-state index in [1.165, 1.54) is 5.56 Å². The van der Waals surface area contributed by atoms with Crippen molar-refractivity contribution in [1.29, 1.82) is 0 Å². The zero-order valence-electron chi connectivity index (χ0n) is 14.2. The molecule has 1 amide bonds. The van der Waals surface area contributed by atoms with Crippen molar-refractivity contribution < 1.29 is 14.6 Å². The van der Waals surface area contributed by atoms with E-state index in [4.69, 9.17) is 4.74 Å². The molecule has 0 aliphatic carbocycles. The second-order valence-electron chi connectivity index (χ2n) is 6.32. The Labute approximate surface area is 143 Å². The van der Waals surface area contributed by atoms with Gasteiger partial charge in [-0.25, -0.2) is 0 Å². The molecule has 2 atom stereocenters. The minimum atomic E-state index is -0.635. The van der Waals surface area contributed by atoms with Gasteiger partial charge in [-0.3, -0.25) is 4.79 Å². The minimum Gasteiger partial charge on any atom is -0.488 e. The van der Waals surface area contributed by atoms with E-state index in [-0.39, 0.29) is 12.0 Å². The number of piperidine rings is 1. The summed E-state index contributed by atoms with van der Waals surface area (Å²) in [6, 6.07) is 8.03. The molecule has 0 aromatic heterocycles. The second-order valence-corrected chi connectivity index (χ2v) is 7.31. The van der Waals surface area contributed by atoms with Gasteiger partial charge in [-0.05, 0) is 29.9 Å². The van der Waals surface area contributed by atoms with Gasteiger partial charge in [-0.1, -0.05) is 26.0 Å². The molecule has 5 heteroatoms. The Morgan fingerprint density at radius 3 is 2.91 bits per heavy atom. The summed E-state index contributed by atoms with van der Waals surface area (Å²) in [5.74, 6) is 2.19. The van der Waals surface area contributed by atoms with E-state index in [0.717, 1.165) is 11.5 Å². The van der Waals surface area contributed by atoms with Crippen LogP contribution in [0.2, 0.25) is 0 Å². The first-order valence-corrected chi connectivity index (χ1v) is 9.62. The van der Waals surface area contributed by atoms with Gasteiger partial charge in [0.2, 0.25) is 5.91 Å². The van der Waals surface area contributed by atoms with Crippen LogP contribution in [0.15, 0.2) is 24.3 Å². The van der Waals surface area contributed by atoms with E-state index in [9.17, 15) is 9.90 Å². The van der Waals surface area contributed by atoms with Crippen LogP contribution < -0.4 is 4.74 Å². The zero-order valence-corrected chi connectivity index (χ0v) is 15.0. The number of β-amino-alcohol motifs (C(OH)–C–C–N with tert-alkyl or cyclic N) is 1. The normalized spacial score (nSPS) is 21.5. The number of thioether (sulfide) groups is 1. The number of amides is 1. The maximum atomic E-state index is 12.0. The number of rotatable bonds is 6. The van der Waals surface area contributed by atoms with Gasteiger partial charge in [0, 0.05) is 25.1 Å². The molecule has 1 aliphatic heterocycles. The highest BCUT2D eigenvalue weighted by Gasteiger charge is 2.31. The average molecular weight is 337 g/mol. The average Bonchev–Trinajstić information content (AvgIpc) is 2.54. The van der Waals surface area contributed by atoms with E-state index in [1.54, 1.807) is 16.7 Å². The number of hydrogen-bond acceptors (Lipinski definition) is 4. The van der Waals surface area contributed by atoms with E-state index in [0.29, 0.717) is 31.8 Å². The summed E-state index contributed by atoms with van der Waals surface area (Å²) in [6.45, 7) is 5.31. The van der Waals surface area contributed by atoms with Crippen LogP contribution in [0.4, 0.5) is 0 Å². The third kappa shape index (κ3) is 5.15. The number of carbonyl (C=O) groups is 1. The Kier molecular flexibility index (Phi) is 6.78. The summed E-state index contributed by atoms with van der Waals surface area (Å²) in [5.41, 5.74) is 1.22. The number of benzene rings is 1. The van der Waals surface area contributed by atoms with Crippen molar-refractivity contribution in [2.45, 2.75) is 44.8 Å². The van der Waals surface area contributed by atoms with Crippen LogP contribution in [0.3, 0.4) is 0 Å². The van der Waals surface area contributed by atoms with Gasteiger partial charge in [0.25, 0.3) is 0 Å². The highest BCUT2D eigenvalue weighted by Crippen LogP contribution is 2.24. The maximum absolute atomic E-state index is 12.0. The summed E-state index contributed by atoms with van der Waals surface area (Å²) in [4.78, 5) is 13.8. The van der Waals surface area contributed by atoms with Gasteiger partial charge in [0.05, 0.1) is 6.54 Å². The molecular formula is C18H27NO3S. The van der Waals surface area contributed by atoms with E-state index in [2.05, 4.69) is 19.9 Å². The second kappa shape index (κ2) is 8.60. The van der Waals surface area contributed by atoms with Crippen molar-refractivity contribution in [2.75, 3.05) is 25.1 Å². The predicted molar refractivity (Wildman–Crippen MR) is 95.1 cm³/mol. The molecule has 23 heavy (non-hydrogen) atoms. The maximum Gasteiger partial charge on any atom is 0.223 e. The highest BCUT2D eigenvalue weighted by atomic mass is 32.2. The summed E-state index contributed by atoms with van der Waals surface area (Å²) in [5, 5.41) is 10.3. The van der Waals surface area contributed by atoms with Crippen molar-refractivity contribution in [3.63, 3.8) is 0 Å². The van der Waals surface area contributed by atoms with Gasteiger partial charge in [-0.15, -0.1) is 0 Å². The van der Waals surface area contributed by atoms with Crippen LogP contribution in [-0.2, 0) is 4.79 Å². The fourth-order valence-electron chi connectivity index (χ4n) is 2.74. The summed E-state index contributed by atoms with van der Waals surface area (Å²) < 4.78 is 5.98.